The van der Waals surface area contributed by atoms with Crippen LogP contribution in [0, 0.1) is 17.8 Å². The fourth-order valence-electron chi connectivity index (χ4n) is 7.24. The molecule has 4 aliphatic carbocycles. The second-order valence-corrected chi connectivity index (χ2v) is 10.4. The lowest BCUT2D eigenvalue weighted by Gasteiger charge is -2.69. The lowest BCUT2D eigenvalue weighted by atomic mass is 9.52. The first-order valence-electron chi connectivity index (χ1n) is 10.8. The van der Waals surface area contributed by atoms with E-state index in [1.807, 2.05) is 0 Å². The van der Waals surface area contributed by atoms with E-state index in [1.165, 1.54) is 23.6 Å². The van der Waals surface area contributed by atoms with Crippen LogP contribution in [0.25, 0.3) is 10.8 Å². The number of fused-ring (bicyclic) bond motifs is 1. The first-order valence-corrected chi connectivity index (χ1v) is 10.8. The number of hydrogen-bond acceptors (Lipinski definition) is 4. The maximum absolute atomic E-state index is 11.2. The number of anilines is 1. The van der Waals surface area contributed by atoms with E-state index < -0.39 is 11.8 Å². The Hall–Kier alpha value is -1.62. The molecule has 0 radical (unpaired) electrons. The van der Waals surface area contributed by atoms with Crippen molar-refractivity contribution in [2.45, 2.75) is 69.4 Å². The van der Waals surface area contributed by atoms with Gasteiger partial charge in [0.15, 0.2) is 0 Å². The van der Waals surface area contributed by atoms with Gasteiger partial charge in [0.25, 0.3) is 0 Å². The van der Waals surface area contributed by atoms with Crippen LogP contribution in [0.4, 0.5) is 5.69 Å². The van der Waals surface area contributed by atoms with E-state index in [1.54, 1.807) is 0 Å². The molecule has 4 saturated carbocycles. The minimum atomic E-state index is -0.476. The molecule has 4 nitrogen and oxygen atoms in total. The highest BCUT2D eigenvalue weighted by Gasteiger charge is 2.63. The van der Waals surface area contributed by atoms with E-state index in [-0.39, 0.29) is 5.54 Å². The highest BCUT2D eigenvalue weighted by molar-refractivity contribution is 5.86. The molecule has 1 aliphatic heterocycles. The Morgan fingerprint density at radius 2 is 1.61 bits per heavy atom. The van der Waals surface area contributed by atoms with Crippen molar-refractivity contribution in [1.82, 2.24) is 5.01 Å². The van der Waals surface area contributed by atoms with E-state index in [4.69, 9.17) is 0 Å². The predicted octanol–water partition coefficient (Wildman–Crippen LogP) is 3.91. The fraction of sp³-hybridized carbons (Fsp3) is 0.583. The van der Waals surface area contributed by atoms with E-state index in [0.29, 0.717) is 23.8 Å². The van der Waals surface area contributed by atoms with Gasteiger partial charge in [-0.1, -0.05) is 30.3 Å². The third-order valence-electron chi connectivity index (χ3n) is 8.13. The van der Waals surface area contributed by atoms with Gasteiger partial charge in [-0.05, 0) is 86.6 Å². The lowest BCUT2D eigenvalue weighted by molar-refractivity contribution is -0.236. The summed E-state index contributed by atoms with van der Waals surface area (Å²) in [7, 11) is 0. The highest BCUT2D eigenvalue weighted by atomic mass is 16.3. The van der Waals surface area contributed by atoms with Gasteiger partial charge in [0.05, 0.1) is 16.8 Å². The molecule has 4 bridgehead atoms. The summed E-state index contributed by atoms with van der Waals surface area (Å²) >= 11 is 0. The number of hydrogen-bond donors (Lipinski definition) is 2. The number of aliphatic hydroxyl groups is 2. The van der Waals surface area contributed by atoms with E-state index >= 15 is 0 Å². The van der Waals surface area contributed by atoms with Gasteiger partial charge in [-0.25, -0.2) is 0 Å². The van der Waals surface area contributed by atoms with Crippen molar-refractivity contribution in [3.8, 4) is 0 Å². The molecule has 3 atom stereocenters. The van der Waals surface area contributed by atoms with Crippen LogP contribution in [-0.4, -0.2) is 38.6 Å². The van der Waals surface area contributed by atoms with Gasteiger partial charge < -0.3 is 10.2 Å². The maximum Gasteiger partial charge on any atom is 0.148 e. The molecule has 4 heteroatoms. The molecule has 1 heterocycles. The number of rotatable bonds is 2. The average Bonchev–Trinajstić information content (AvgIpc) is 2.64. The van der Waals surface area contributed by atoms with Crippen LogP contribution in [-0.2, 0) is 0 Å². The Morgan fingerprint density at radius 1 is 0.929 bits per heavy atom. The minimum absolute atomic E-state index is 0.325. The molecule has 28 heavy (non-hydrogen) atoms. The summed E-state index contributed by atoms with van der Waals surface area (Å²) < 4.78 is 0. The summed E-state index contributed by atoms with van der Waals surface area (Å²) in [6.07, 6.45) is 4.74. The van der Waals surface area contributed by atoms with Crippen molar-refractivity contribution in [2.75, 3.05) is 5.01 Å². The fourth-order valence-corrected chi connectivity index (χ4v) is 7.24. The van der Waals surface area contributed by atoms with Gasteiger partial charge >= 0.3 is 0 Å². The van der Waals surface area contributed by atoms with E-state index in [2.05, 4.69) is 66.3 Å². The van der Waals surface area contributed by atoms with Crippen LogP contribution in [0.5, 0.6) is 0 Å². The molecular formula is C24H30N2O2. The number of aliphatic hydroxyl groups excluding tert-OH is 1. The summed E-state index contributed by atoms with van der Waals surface area (Å²) in [4.78, 5) is 0. The predicted molar refractivity (Wildman–Crippen MR) is 111 cm³/mol. The van der Waals surface area contributed by atoms with Crippen molar-refractivity contribution < 1.29 is 10.2 Å². The topological polar surface area (TPSA) is 46.9 Å². The SMILES string of the molecule is CC1(C)C(O)N(C2C3CC4CC2CC(O)(C4)C3)N1c1ccc2ccccc2c1. The van der Waals surface area contributed by atoms with Crippen LogP contribution in [0.15, 0.2) is 42.5 Å². The van der Waals surface area contributed by atoms with Crippen molar-refractivity contribution >= 4 is 16.5 Å². The minimum Gasteiger partial charge on any atom is -0.390 e. The second-order valence-electron chi connectivity index (χ2n) is 10.4. The quantitative estimate of drug-likeness (QED) is 0.832. The van der Waals surface area contributed by atoms with Gasteiger partial charge in [0.1, 0.15) is 6.23 Å². The zero-order chi connectivity index (χ0) is 19.3. The Bertz CT molecular complexity index is 925. The standard InChI is InChI=1S/C24H30N2O2/c1-23(2)22(27)25(21-18-9-15-10-19(21)14-24(28,12-15)13-18)26(23)20-8-7-16-5-3-4-6-17(16)11-20/h3-8,11,15,18-19,21-22,27-28H,9-10,12-14H2,1-2H3. The third kappa shape index (κ3) is 2.23. The molecule has 2 N–H and O–H groups in total. The number of benzene rings is 2. The Kier molecular flexibility index (Phi) is 3.39. The van der Waals surface area contributed by atoms with Gasteiger partial charge in [0, 0.05) is 6.04 Å². The highest BCUT2D eigenvalue weighted by Crippen LogP contribution is 2.59. The zero-order valence-electron chi connectivity index (χ0n) is 16.8. The summed E-state index contributed by atoms with van der Waals surface area (Å²) in [5.74, 6) is 1.66. The molecule has 2 aromatic carbocycles. The Balaban J connectivity index is 1.39. The normalized spacial score (nSPS) is 41.4. The van der Waals surface area contributed by atoms with Crippen LogP contribution in [0.1, 0.15) is 46.0 Å². The summed E-state index contributed by atoms with van der Waals surface area (Å²) in [6, 6.07) is 15.4. The molecule has 2 aromatic rings. The molecule has 0 amide bonds. The van der Waals surface area contributed by atoms with Gasteiger partial charge in [-0.2, -0.15) is 5.01 Å². The summed E-state index contributed by atoms with van der Waals surface area (Å²) in [5, 5.41) is 29.2. The number of nitrogens with zero attached hydrogens (tertiary/aromatic N) is 2. The smallest absolute Gasteiger partial charge is 0.148 e. The van der Waals surface area contributed by atoms with E-state index in [0.717, 1.165) is 24.9 Å². The molecule has 1 saturated heterocycles. The van der Waals surface area contributed by atoms with Crippen molar-refractivity contribution in [2.24, 2.45) is 17.8 Å². The molecular weight excluding hydrogens is 348 g/mol. The van der Waals surface area contributed by atoms with Gasteiger partial charge in [-0.15, -0.1) is 0 Å². The van der Waals surface area contributed by atoms with Crippen LogP contribution in [0.2, 0.25) is 0 Å². The molecule has 3 unspecified atom stereocenters. The molecule has 5 aliphatic rings. The van der Waals surface area contributed by atoms with Crippen molar-refractivity contribution in [3.63, 3.8) is 0 Å². The largest absolute Gasteiger partial charge is 0.390 e. The van der Waals surface area contributed by atoms with Crippen LogP contribution in [0.3, 0.4) is 0 Å². The zero-order valence-corrected chi connectivity index (χ0v) is 16.8. The summed E-state index contributed by atoms with van der Waals surface area (Å²) in [5.41, 5.74) is 0.390. The molecule has 0 aromatic heterocycles. The molecule has 5 fully saturated rings. The van der Waals surface area contributed by atoms with Gasteiger partial charge in [-0.3, -0.25) is 5.01 Å². The van der Waals surface area contributed by atoms with E-state index in [9.17, 15) is 10.2 Å². The van der Waals surface area contributed by atoms with Crippen LogP contribution >= 0.6 is 0 Å². The monoisotopic (exact) mass is 378 g/mol. The average molecular weight is 379 g/mol. The van der Waals surface area contributed by atoms with Crippen molar-refractivity contribution in [1.29, 1.82) is 0 Å². The van der Waals surface area contributed by atoms with Crippen molar-refractivity contribution in [3.05, 3.63) is 42.5 Å². The first-order chi connectivity index (χ1) is 13.4. The Morgan fingerprint density at radius 3 is 2.29 bits per heavy atom. The van der Waals surface area contributed by atoms with Gasteiger partial charge in [0.2, 0.25) is 0 Å². The molecule has 0 spiro atoms. The lowest BCUT2D eigenvalue weighted by Crippen LogP contribution is -2.82. The maximum atomic E-state index is 11.2. The summed E-state index contributed by atoms with van der Waals surface area (Å²) in [6.45, 7) is 4.26. The third-order valence-corrected chi connectivity index (χ3v) is 8.13. The Labute approximate surface area is 166 Å². The van der Waals surface area contributed by atoms with Crippen LogP contribution < -0.4 is 5.01 Å². The number of hydrazine groups is 1. The molecule has 7 rings (SSSR count). The second kappa shape index (κ2) is 5.50. The first kappa shape index (κ1) is 17.3. The molecule has 148 valence electrons.